The number of amides is 1. The third kappa shape index (κ3) is 3.79. The highest BCUT2D eigenvalue weighted by Crippen LogP contribution is 2.32. The minimum atomic E-state index is -0.388. The van der Waals surface area contributed by atoms with E-state index >= 15 is 0 Å². The highest BCUT2D eigenvalue weighted by atomic mass is 79.9. The van der Waals surface area contributed by atoms with Crippen LogP contribution in [0, 0.1) is 0 Å². The van der Waals surface area contributed by atoms with Crippen LogP contribution >= 0.6 is 15.9 Å². The number of phenolic OH excluding ortho intramolecular Hbond substituents is 1. The van der Waals surface area contributed by atoms with Gasteiger partial charge in [0.25, 0.3) is 5.91 Å². The fraction of sp³-hybridized carbons (Fsp3) is 0.0714. The van der Waals surface area contributed by atoms with Crippen LogP contribution in [0.25, 0.3) is 0 Å². The van der Waals surface area contributed by atoms with Gasteiger partial charge in [0.2, 0.25) is 0 Å². The molecule has 2 N–H and O–H groups in total. The van der Waals surface area contributed by atoms with Crippen molar-refractivity contribution >= 4 is 28.1 Å². The lowest BCUT2D eigenvalue weighted by Crippen LogP contribution is -2.17. The molecule has 2 rings (SSSR count). The molecular weight excluding hydrogens is 338 g/mol. The van der Waals surface area contributed by atoms with Crippen molar-refractivity contribution in [1.29, 1.82) is 0 Å². The number of rotatable bonds is 4. The summed E-state index contributed by atoms with van der Waals surface area (Å²) in [5.41, 5.74) is 3.16. The molecule has 0 bridgehead atoms. The molecule has 108 valence electrons. The average molecular weight is 350 g/mol. The topological polar surface area (TPSA) is 83.8 Å². The number of nitrogens with zero attached hydrogens (tertiary/aromatic N) is 2. The molecule has 6 nitrogen and oxygen atoms in total. The van der Waals surface area contributed by atoms with Gasteiger partial charge in [0.05, 0.1) is 18.9 Å². The molecule has 0 aliphatic heterocycles. The molecule has 0 fully saturated rings. The van der Waals surface area contributed by atoms with E-state index in [9.17, 15) is 9.90 Å². The maximum atomic E-state index is 11.7. The van der Waals surface area contributed by atoms with Crippen molar-refractivity contribution in [1.82, 2.24) is 10.4 Å². The van der Waals surface area contributed by atoms with Crippen LogP contribution in [0.2, 0.25) is 0 Å². The lowest BCUT2D eigenvalue weighted by atomic mass is 10.2. The van der Waals surface area contributed by atoms with Crippen LogP contribution in [0.4, 0.5) is 0 Å². The first-order chi connectivity index (χ1) is 10.1. The molecule has 2 aromatic rings. The van der Waals surface area contributed by atoms with Gasteiger partial charge in [0.15, 0.2) is 11.5 Å². The number of pyridine rings is 1. The Hall–Kier alpha value is -2.41. The molecule has 0 aliphatic rings. The molecule has 0 atom stereocenters. The Labute approximate surface area is 129 Å². The first-order valence-corrected chi connectivity index (χ1v) is 6.71. The second kappa shape index (κ2) is 6.85. The van der Waals surface area contributed by atoms with Crippen molar-refractivity contribution < 1.29 is 14.6 Å². The summed E-state index contributed by atoms with van der Waals surface area (Å²) in [5, 5.41) is 13.7. The maximum Gasteiger partial charge on any atom is 0.272 e. The highest BCUT2D eigenvalue weighted by Gasteiger charge is 2.08. The van der Waals surface area contributed by atoms with Gasteiger partial charge in [0.1, 0.15) is 0 Å². The third-order valence-electron chi connectivity index (χ3n) is 2.58. The summed E-state index contributed by atoms with van der Waals surface area (Å²) in [7, 11) is 1.45. The van der Waals surface area contributed by atoms with Gasteiger partial charge in [-0.05, 0) is 24.3 Å². The number of aromatic hydroxyl groups is 1. The second-order valence-electron chi connectivity index (χ2n) is 3.99. The average Bonchev–Trinajstić information content (AvgIpc) is 2.51. The van der Waals surface area contributed by atoms with E-state index in [1.807, 2.05) is 0 Å². The van der Waals surface area contributed by atoms with Gasteiger partial charge in [0, 0.05) is 22.4 Å². The van der Waals surface area contributed by atoms with Crippen molar-refractivity contribution in [2.24, 2.45) is 5.10 Å². The predicted molar refractivity (Wildman–Crippen MR) is 81.7 cm³/mol. The zero-order valence-corrected chi connectivity index (χ0v) is 12.7. The molecule has 0 saturated carbocycles. The Balaban J connectivity index is 2.12. The summed E-state index contributed by atoms with van der Waals surface area (Å²) in [6.45, 7) is 0. The highest BCUT2D eigenvalue weighted by molar-refractivity contribution is 9.10. The number of halogens is 1. The third-order valence-corrected chi connectivity index (χ3v) is 3.04. The lowest BCUT2D eigenvalue weighted by Gasteiger charge is -2.06. The van der Waals surface area contributed by atoms with E-state index in [1.165, 1.54) is 19.5 Å². The molecule has 0 radical (unpaired) electrons. The number of hydrazone groups is 1. The minimum Gasteiger partial charge on any atom is -0.504 e. The Morgan fingerprint density at radius 3 is 3.00 bits per heavy atom. The van der Waals surface area contributed by atoms with Crippen molar-refractivity contribution in [3.05, 3.63) is 52.3 Å². The first-order valence-electron chi connectivity index (χ1n) is 5.91. The van der Waals surface area contributed by atoms with Crippen molar-refractivity contribution in [3.63, 3.8) is 0 Å². The smallest absolute Gasteiger partial charge is 0.272 e. The van der Waals surface area contributed by atoms with Gasteiger partial charge in [-0.1, -0.05) is 15.9 Å². The van der Waals surface area contributed by atoms with Crippen LogP contribution in [0.1, 0.15) is 15.9 Å². The van der Waals surface area contributed by atoms with Crippen LogP contribution in [-0.2, 0) is 0 Å². The maximum absolute atomic E-state index is 11.7. The number of hydrogen-bond donors (Lipinski definition) is 2. The molecule has 1 amide bonds. The van der Waals surface area contributed by atoms with E-state index in [0.717, 1.165) is 4.47 Å². The molecule has 21 heavy (non-hydrogen) atoms. The summed E-state index contributed by atoms with van der Waals surface area (Å²) in [6, 6.07) is 6.56. The number of hydrogen-bond acceptors (Lipinski definition) is 5. The summed E-state index contributed by atoms with van der Waals surface area (Å²) >= 11 is 3.30. The Morgan fingerprint density at radius 2 is 2.33 bits per heavy atom. The molecule has 1 aromatic carbocycles. The van der Waals surface area contributed by atoms with Crippen molar-refractivity contribution in [2.75, 3.05) is 7.11 Å². The lowest BCUT2D eigenvalue weighted by molar-refractivity contribution is 0.0954. The normalized spacial score (nSPS) is 10.6. The van der Waals surface area contributed by atoms with Gasteiger partial charge < -0.3 is 9.84 Å². The number of methoxy groups -OCH3 is 1. The van der Waals surface area contributed by atoms with Gasteiger partial charge in [-0.15, -0.1) is 0 Å². The Kier molecular flexibility index (Phi) is 4.89. The number of benzene rings is 1. The number of aromatic nitrogens is 1. The minimum absolute atomic E-state index is 0.0555. The summed E-state index contributed by atoms with van der Waals surface area (Å²) in [6.07, 6.45) is 4.34. The van der Waals surface area contributed by atoms with Crippen LogP contribution in [0.3, 0.4) is 0 Å². The van der Waals surface area contributed by atoms with Gasteiger partial charge in [-0.3, -0.25) is 9.78 Å². The molecule has 0 unspecified atom stereocenters. The van der Waals surface area contributed by atoms with Crippen molar-refractivity contribution in [2.45, 2.75) is 0 Å². The van der Waals surface area contributed by atoms with E-state index in [4.69, 9.17) is 4.74 Å². The van der Waals surface area contributed by atoms with E-state index in [0.29, 0.717) is 16.9 Å². The van der Waals surface area contributed by atoms with E-state index in [-0.39, 0.29) is 11.7 Å². The molecule has 1 aromatic heterocycles. The quantitative estimate of drug-likeness (QED) is 0.655. The molecule has 0 saturated heterocycles. The summed E-state index contributed by atoms with van der Waals surface area (Å²) < 4.78 is 5.75. The number of phenols is 1. The van der Waals surface area contributed by atoms with E-state index < -0.39 is 0 Å². The number of nitrogens with one attached hydrogen (secondary N) is 1. The van der Waals surface area contributed by atoms with E-state index in [2.05, 4.69) is 31.4 Å². The number of carbonyl (C=O) groups is 1. The van der Waals surface area contributed by atoms with Crippen LogP contribution in [-0.4, -0.2) is 29.3 Å². The molecule has 0 spiro atoms. The van der Waals surface area contributed by atoms with Crippen molar-refractivity contribution in [3.8, 4) is 11.5 Å². The molecular formula is C14H12BrN3O3. The predicted octanol–water partition coefficient (Wildman–Crippen LogP) is 2.32. The zero-order chi connectivity index (χ0) is 15.2. The molecule has 0 aliphatic carbocycles. The monoisotopic (exact) mass is 349 g/mol. The SMILES string of the molecule is COc1cc(Br)cc(C=NNC(=O)c2cccnc2)c1O. The van der Waals surface area contributed by atoms with Crippen LogP contribution in [0.5, 0.6) is 11.5 Å². The Morgan fingerprint density at radius 1 is 1.52 bits per heavy atom. The zero-order valence-electron chi connectivity index (χ0n) is 11.1. The van der Waals surface area contributed by atoms with Gasteiger partial charge in [-0.25, -0.2) is 5.43 Å². The van der Waals surface area contributed by atoms with Crippen LogP contribution in [0.15, 0.2) is 46.2 Å². The first kappa shape index (κ1) is 15.0. The summed E-state index contributed by atoms with van der Waals surface area (Å²) in [4.78, 5) is 15.6. The van der Waals surface area contributed by atoms with E-state index in [1.54, 1.807) is 30.5 Å². The fourth-order valence-electron chi connectivity index (χ4n) is 1.57. The largest absolute Gasteiger partial charge is 0.504 e. The molecule has 1 heterocycles. The summed E-state index contributed by atoms with van der Waals surface area (Å²) in [5.74, 6) is -0.134. The van der Waals surface area contributed by atoms with Crippen LogP contribution < -0.4 is 10.2 Å². The second-order valence-corrected chi connectivity index (χ2v) is 4.90. The Bertz CT molecular complexity index is 675. The molecule has 7 heteroatoms. The fourth-order valence-corrected chi connectivity index (χ4v) is 2.03. The van der Waals surface area contributed by atoms with Gasteiger partial charge >= 0.3 is 0 Å². The number of ether oxygens (including phenoxy) is 1. The van der Waals surface area contributed by atoms with Gasteiger partial charge in [-0.2, -0.15) is 5.10 Å². The number of carbonyl (C=O) groups excluding carboxylic acids is 1. The standard InChI is InChI=1S/C14H12BrN3O3/c1-21-12-6-11(15)5-10(13(12)19)8-17-18-14(20)9-3-2-4-16-7-9/h2-8,19H,1H3,(H,18,20).